The first-order valence-electron chi connectivity index (χ1n) is 4.55. The third kappa shape index (κ3) is 4.37. The van der Waals surface area contributed by atoms with Crippen molar-refractivity contribution in [1.29, 1.82) is 0 Å². The number of alkyl halides is 3. The second-order valence-electron chi connectivity index (χ2n) is 3.21. The summed E-state index contributed by atoms with van der Waals surface area (Å²) in [5, 5.41) is 10.9. The number of halogens is 3. The molecule has 0 aromatic heterocycles. The van der Waals surface area contributed by atoms with Crippen LogP contribution in [0.25, 0.3) is 0 Å². The second kappa shape index (κ2) is 5.57. The third-order valence-corrected chi connectivity index (χ3v) is 1.99. The zero-order valence-corrected chi connectivity index (χ0v) is 8.95. The predicted octanol–water partition coefficient (Wildman–Crippen LogP) is 0.780. The molecule has 0 saturated carbocycles. The quantitative estimate of drug-likeness (QED) is 0.330. The maximum Gasteiger partial charge on any atom is 0.406 e. The number of nitrogens with zero attached hydrogens (tertiary/aromatic N) is 2. The largest absolute Gasteiger partial charge is 0.409 e. The molecule has 1 amide bonds. The van der Waals surface area contributed by atoms with Gasteiger partial charge in [0.15, 0.2) is 5.84 Å². The molecule has 8 heteroatoms. The summed E-state index contributed by atoms with van der Waals surface area (Å²) in [5.74, 6) is -2.31. The Morgan fingerprint density at radius 3 is 2.38 bits per heavy atom. The highest BCUT2D eigenvalue weighted by Crippen LogP contribution is 2.17. The first-order valence-corrected chi connectivity index (χ1v) is 4.55. The Hall–Kier alpha value is -1.47. The van der Waals surface area contributed by atoms with Crippen molar-refractivity contribution >= 4 is 11.7 Å². The van der Waals surface area contributed by atoms with Crippen LogP contribution in [-0.2, 0) is 4.79 Å². The summed E-state index contributed by atoms with van der Waals surface area (Å²) in [4.78, 5) is 12.1. The van der Waals surface area contributed by atoms with Crippen molar-refractivity contribution in [3.05, 3.63) is 0 Å². The minimum atomic E-state index is -4.46. The number of oxime groups is 1. The van der Waals surface area contributed by atoms with Gasteiger partial charge < -0.3 is 15.8 Å². The zero-order chi connectivity index (χ0) is 12.9. The van der Waals surface area contributed by atoms with Gasteiger partial charge in [-0.1, -0.05) is 5.16 Å². The third-order valence-electron chi connectivity index (χ3n) is 1.99. The number of amidine groups is 1. The SMILES string of the molecule is CCN(CC(F)(F)F)C(=O)C(C)C(N)=NO. The lowest BCUT2D eigenvalue weighted by Crippen LogP contribution is -2.44. The van der Waals surface area contributed by atoms with E-state index in [1.807, 2.05) is 0 Å². The summed E-state index contributed by atoms with van der Waals surface area (Å²) in [6, 6.07) is 0. The van der Waals surface area contributed by atoms with Gasteiger partial charge in [0.1, 0.15) is 6.54 Å². The van der Waals surface area contributed by atoms with Crippen LogP contribution in [0.5, 0.6) is 0 Å². The molecule has 0 heterocycles. The molecule has 0 aliphatic carbocycles. The Bertz CT molecular complexity index is 278. The lowest BCUT2D eigenvalue weighted by molar-refractivity contribution is -0.161. The number of amides is 1. The molecular formula is C8H14F3N3O2. The lowest BCUT2D eigenvalue weighted by atomic mass is 10.1. The Labute approximate surface area is 90.7 Å². The first kappa shape index (κ1) is 14.5. The fraction of sp³-hybridized carbons (Fsp3) is 0.750. The van der Waals surface area contributed by atoms with E-state index >= 15 is 0 Å². The average molecular weight is 241 g/mol. The highest BCUT2D eigenvalue weighted by atomic mass is 19.4. The van der Waals surface area contributed by atoms with E-state index < -0.39 is 30.4 Å². The van der Waals surface area contributed by atoms with E-state index in [-0.39, 0.29) is 6.54 Å². The van der Waals surface area contributed by atoms with Gasteiger partial charge in [0, 0.05) is 6.54 Å². The van der Waals surface area contributed by atoms with Gasteiger partial charge in [-0.05, 0) is 13.8 Å². The van der Waals surface area contributed by atoms with Crippen molar-refractivity contribution in [2.75, 3.05) is 13.1 Å². The molecule has 0 rings (SSSR count). The standard InChI is InChI=1S/C8H14F3N3O2/c1-3-14(4-8(9,10)11)7(15)5(2)6(12)13-16/h5,16H,3-4H2,1-2H3,(H2,12,13). The van der Waals surface area contributed by atoms with Gasteiger partial charge in [-0.2, -0.15) is 13.2 Å². The van der Waals surface area contributed by atoms with Gasteiger partial charge in [-0.15, -0.1) is 0 Å². The Morgan fingerprint density at radius 2 is 2.06 bits per heavy atom. The van der Waals surface area contributed by atoms with Crippen LogP contribution in [0, 0.1) is 5.92 Å². The number of carbonyl (C=O) groups is 1. The summed E-state index contributed by atoms with van der Waals surface area (Å²) in [6.07, 6.45) is -4.46. The molecule has 0 saturated heterocycles. The molecule has 5 nitrogen and oxygen atoms in total. The van der Waals surface area contributed by atoms with Crippen molar-refractivity contribution in [1.82, 2.24) is 4.90 Å². The van der Waals surface area contributed by atoms with Crippen molar-refractivity contribution in [3.8, 4) is 0 Å². The van der Waals surface area contributed by atoms with Crippen LogP contribution < -0.4 is 5.73 Å². The van der Waals surface area contributed by atoms with Crippen molar-refractivity contribution in [2.45, 2.75) is 20.0 Å². The zero-order valence-electron chi connectivity index (χ0n) is 8.95. The van der Waals surface area contributed by atoms with E-state index in [9.17, 15) is 18.0 Å². The fourth-order valence-electron chi connectivity index (χ4n) is 1.05. The van der Waals surface area contributed by atoms with Crippen LogP contribution in [0.2, 0.25) is 0 Å². The molecule has 1 atom stereocenters. The number of hydrogen-bond donors (Lipinski definition) is 2. The summed E-state index contributed by atoms with van der Waals surface area (Å²) in [5.41, 5.74) is 5.14. The molecular weight excluding hydrogens is 227 g/mol. The number of hydrogen-bond acceptors (Lipinski definition) is 3. The van der Waals surface area contributed by atoms with Crippen LogP contribution >= 0.6 is 0 Å². The Balaban J connectivity index is 4.66. The highest BCUT2D eigenvalue weighted by Gasteiger charge is 2.34. The van der Waals surface area contributed by atoms with Gasteiger partial charge in [0.2, 0.25) is 5.91 Å². The molecule has 0 spiro atoms. The van der Waals surface area contributed by atoms with Gasteiger partial charge in [0.25, 0.3) is 0 Å². The predicted molar refractivity (Wildman–Crippen MR) is 50.9 cm³/mol. The molecule has 1 unspecified atom stereocenters. The van der Waals surface area contributed by atoms with Crippen molar-refractivity contribution in [3.63, 3.8) is 0 Å². The van der Waals surface area contributed by atoms with Crippen LogP contribution in [0.15, 0.2) is 5.16 Å². The molecule has 0 aromatic carbocycles. The first-order chi connectivity index (χ1) is 7.22. The summed E-state index contributed by atoms with van der Waals surface area (Å²) in [6.45, 7) is 1.26. The molecule has 0 bridgehead atoms. The smallest absolute Gasteiger partial charge is 0.406 e. The summed E-state index contributed by atoms with van der Waals surface area (Å²) >= 11 is 0. The Morgan fingerprint density at radius 1 is 1.56 bits per heavy atom. The summed E-state index contributed by atoms with van der Waals surface area (Å²) in [7, 11) is 0. The van der Waals surface area contributed by atoms with Crippen LogP contribution in [0.3, 0.4) is 0 Å². The minimum Gasteiger partial charge on any atom is -0.409 e. The summed E-state index contributed by atoms with van der Waals surface area (Å²) < 4.78 is 36.3. The number of carbonyl (C=O) groups excluding carboxylic acids is 1. The maximum absolute atomic E-state index is 12.1. The van der Waals surface area contributed by atoms with E-state index in [2.05, 4.69) is 5.16 Å². The molecule has 16 heavy (non-hydrogen) atoms. The van der Waals surface area contributed by atoms with E-state index in [0.29, 0.717) is 4.90 Å². The van der Waals surface area contributed by atoms with Gasteiger partial charge >= 0.3 is 6.18 Å². The Kier molecular flexibility index (Phi) is 5.06. The van der Waals surface area contributed by atoms with E-state index in [1.54, 1.807) is 0 Å². The van der Waals surface area contributed by atoms with E-state index in [1.165, 1.54) is 13.8 Å². The lowest BCUT2D eigenvalue weighted by Gasteiger charge is -2.24. The van der Waals surface area contributed by atoms with E-state index in [0.717, 1.165) is 0 Å². The maximum atomic E-state index is 12.1. The highest BCUT2D eigenvalue weighted by molar-refractivity contribution is 6.01. The van der Waals surface area contributed by atoms with Gasteiger partial charge in [-0.25, -0.2) is 0 Å². The molecule has 0 aliphatic heterocycles. The van der Waals surface area contributed by atoms with Gasteiger partial charge in [-0.3, -0.25) is 4.79 Å². The second-order valence-corrected chi connectivity index (χ2v) is 3.21. The molecule has 94 valence electrons. The fourth-order valence-corrected chi connectivity index (χ4v) is 1.05. The molecule has 0 fully saturated rings. The number of rotatable bonds is 4. The topological polar surface area (TPSA) is 78.9 Å². The monoisotopic (exact) mass is 241 g/mol. The van der Waals surface area contributed by atoms with E-state index in [4.69, 9.17) is 10.9 Å². The molecule has 0 aliphatic rings. The van der Waals surface area contributed by atoms with Crippen molar-refractivity contribution in [2.24, 2.45) is 16.8 Å². The normalized spacial score (nSPS) is 14.7. The average Bonchev–Trinajstić information content (AvgIpc) is 2.21. The van der Waals surface area contributed by atoms with Crippen LogP contribution in [0.4, 0.5) is 13.2 Å². The van der Waals surface area contributed by atoms with Gasteiger partial charge in [0.05, 0.1) is 5.92 Å². The number of nitrogens with two attached hydrogens (primary N) is 1. The molecule has 0 aromatic rings. The van der Waals surface area contributed by atoms with Crippen molar-refractivity contribution < 1.29 is 23.2 Å². The molecule has 0 radical (unpaired) electrons. The van der Waals surface area contributed by atoms with Crippen LogP contribution in [-0.4, -0.2) is 41.1 Å². The molecule has 3 N–H and O–H groups in total. The minimum absolute atomic E-state index is 0.0958. The van der Waals surface area contributed by atoms with Crippen LogP contribution in [0.1, 0.15) is 13.8 Å².